The molecule has 0 aliphatic carbocycles. The fourth-order valence-corrected chi connectivity index (χ4v) is 4.24. The van der Waals surface area contributed by atoms with Crippen molar-refractivity contribution in [1.29, 1.82) is 0 Å². The average molecular weight is 576 g/mol. The van der Waals surface area contributed by atoms with Gasteiger partial charge in [0.1, 0.15) is 34.6 Å². The van der Waals surface area contributed by atoms with Crippen molar-refractivity contribution in [3.8, 4) is 5.75 Å². The maximum Gasteiger partial charge on any atom is 0.342 e. The molecule has 210 valence electrons. The number of halogens is 3. The second-order valence-corrected chi connectivity index (χ2v) is 9.84. The molecule has 0 radical (unpaired) electrons. The third-order valence-corrected chi connectivity index (χ3v) is 6.38. The zero-order valence-corrected chi connectivity index (χ0v) is 22.1. The molecule has 0 atom stereocenters. The number of carbonyl (C=O) groups excluding carboxylic acids is 2. The number of hydrogen-bond donors (Lipinski definition) is 2. The van der Waals surface area contributed by atoms with Crippen molar-refractivity contribution in [2.45, 2.75) is 39.0 Å². The van der Waals surface area contributed by atoms with E-state index in [1.807, 2.05) is 0 Å². The molecule has 0 aliphatic rings. The van der Waals surface area contributed by atoms with Gasteiger partial charge < -0.3 is 19.5 Å². The Bertz CT molecular complexity index is 1750. The van der Waals surface area contributed by atoms with Crippen LogP contribution in [0.25, 0.3) is 11.0 Å². The van der Waals surface area contributed by atoms with Crippen LogP contribution in [0.1, 0.15) is 41.0 Å². The van der Waals surface area contributed by atoms with Gasteiger partial charge in [-0.05, 0) is 49.7 Å². The highest BCUT2D eigenvalue weighted by atomic mass is 35.5. The minimum Gasteiger partial charge on any atom is -0.487 e. The first-order valence-corrected chi connectivity index (χ1v) is 12.3. The Hall–Kier alpha value is -4.13. The lowest BCUT2D eigenvalue weighted by Gasteiger charge is -2.15. The van der Waals surface area contributed by atoms with E-state index in [9.17, 15) is 38.2 Å². The molecule has 2 aromatic carbocycles. The number of hydrogen-bond acceptors (Lipinski definition) is 7. The molecule has 0 bridgehead atoms. The van der Waals surface area contributed by atoms with Crippen molar-refractivity contribution >= 4 is 34.4 Å². The number of aliphatic hydroxyl groups is 2. The average Bonchev–Trinajstić information content (AvgIpc) is 3.17. The quantitative estimate of drug-likeness (QED) is 0.330. The highest BCUT2D eigenvalue weighted by molar-refractivity contribution is 6.31. The summed E-state index contributed by atoms with van der Waals surface area (Å²) in [5, 5.41) is 19.1. The number of fused-ring (bicyclic) bond motifs is 1. The van der Waals surface area contributed by atoms with Gasteiger partial charge >= 0.3 is 5.69 Å². The van der Waals surface area contributed by atoms with Gasteiger partial charge in [-0.15, -0.1) is 0 Å². The van der Waals surface area contributed by atoms with Crippen LogP contribution < -0.4 is 16.0 Å². The molecule has 0 saturated heterocycles. The van der Waals surface area contributed by atoms with Gasteiger partial charge in [0.25, 0.3) is 11.5 Å². The Morgan fingerprint density at radius 1 is 1.02 bits per heavy atom. The molecule has 0 amide bonds. The maximum absolute atomic E-state index is 13.9. The van der Waals surface area contributed by atoms with Gasteiger partial charge in [-0.25, -0.2) is 22.7 Å². The number of benzene rings is 2. The lowest BCUT2D eigenvalue weighted by Crippen LogP contribution is -2.42. The number of rotatable bonds is 8. The summed E-state index contributed by atoms with van der Waals surface area (Å²) in [5.41, 5.74) is -2.97. The van der Waals surface area contributed by atoms with Gasteiger partial charge in [-0.2, -0.15) is 0 Å². The lowest BCUT2D eigenvalue weighted by atomic mass is 10.1. The third kappa shape index (κ3) is 5.60. The Balaban J connectivity index is 1.68. The van der Waals surface area contributed by atoms with Crippen LogP contribution in [0.4, 0.5) is 8.78 Å². The molecular weight excluding hydrogens is 552 g/mol. The Morgan fingerprint density at radius 2 is 1.75 bits per heavy atom. The van der Waals surface area contributed by atoms with Crippen molar-refractivity contribution in [1.82, 2.24) is 13.7 Å². The van der Waals surface area contributed by atoms with Crippen molar-refractivity contribution in [3.05, 3.63) is 97.3 Å². The summed E-state index contributed by atoms with van der Waals surface area (Å²) in [4.78, 5) is 51.4. The number of carbonyl (C=O) groups is 2. The number of aliphatic hydroxyl groups excluding tert-OH is 1. The van der Waals surface area contributed by atoms with Crippen LogP contribution in [-0.4, -0.2) is 47.9 Å². The molecule has 4 rings (SSSR count). The van der Waals surface area contributed by atoms with Gasteiger partial charge in [0.15, 0.2) is 0 Å². The predicted octanol–water partition coefficient (Wildman–Crippen LogP) is 2.96. The van der Waals surface area contributed by atoms with Gasteiger partial charge in [0.2, 0.25) is 5.91 Å². The second kappa shape index (κ2) is 11.2. The zero-order chi connectivity index (χ0) is 29.4. The maximum atomic E-state index is 13.9. The fourth-order valence-electron chi connectivity index (χ4n) is 4.02. The molecule has 2 N–H and O–H groups in total. The van der Waals surface area contributed by atoms with Gasteiger partial charge in [0.05, 0.1) is 30.6 Å². The Morgan fingerprint density at radius 3 is 2.40 bits per heavy atom. The van der Waals surface area contributed by atoms with E-state index in [0.717, 1.165) is 10.6 Å². The lowest BCUT2D eigenvalue weighted by molar-refractivity contribution is 0.0392. The molecule has 4 aromatic rings. The van der Waals surface area contributed by atoms with E-state index in [0.29, 0.717) is 16.2 Å². The van der Waals surface area contributed by atoms with E-state index >= 15 is 0 Å². The van der Waals surface area contributed by atoms with Gasteiger partial charge in [-0.3, -0.25) is 14.4 Å². The second-order valence-electron chi connectivity index (χ2n) is 9.46. The molecule has 10 nitrogen and oxygen atoms in total. The van der Waals surface area contributed by atoms with Crippen LogP contribution >= 0.6 is 11.6 Å². The molecular formula is C27H24ClF2N3O7. The van der Waals surface area contributed by atoms with Crippen molar-refractivity contribution in [2.24, 2.45) is 0 Å². The highest BCUT2D eigenvalue weighted by Gasteiger charge is 2.31. The number of nitrogens with zero attached hydrogens (tertiary/aromatic N) is 3. The van der Waals surface area contributed by atoms with Crippen LogP contribution in [0, 0.1) is 11.6 Å². The van der Waals surface area contributed by atoms with E-state index < -0.39 is 53.3 Å². The summed E-state index contributed by atoms with van der Waals surface area (Å²) in [6, 6.07) is 8.75. The van der Waals surface area contributed by atoms with Crippen molar-refractivity contribution in [2.75, 3.05) is 6.61 Å². The van der Waals surface area contributed by atoms with E-state index in [1.165, 1.54) is 54.9 Å². The fraction of sp³-hybridized carbons (Fsp3) is 0.259. The Labute approximate surface area is 230 Å². The number of imidazole rings is 1. The summed E-state index contributed by atoms with van der Waals surface area (Å²) in [6.45, 7) is 1.51. The monoisotopic (exact) mass is 575 g/mol. The minimum absolute atomic E-state index is 0.0206. The van der Waals surface area contributed by atoms with Gasteiger partial charge in [0, 0.05) is 17.8 Å². The molecule has 40 heavy (non-hydrogen) atoms. The third-order valence-electron chi connectivity index (χ3n) is 6.03. The van der Waals surface area contributed by atoms with Crippen molar-refractivity contribution < 1.29 is 33.3 Å². The minimum atomic E-state index is -1.92. The summed E-state index contributed by atoms with van der Waals surface area (Å²) in [5.74, 6) is -3.29. The number of aromatic nitrogens is 3. The van der Waals surface area contributed by atoms with Crippen molar-refractivity contribution in [3.63, 3.8) is 0 Å². The highest BCUT2D eigenvalue weighted by Crippen LogP contribution is 2.23. The molecule has 0 fully saturated rings. The van der Waals surface area contributed by atoms with Crippen LogP contribution in [0.5, 0.6) is 5.75 Å². The van der Waals surface area contributed by atoms with Gasteiger partial charge in [-0.1, -0.05) is 17.7 Å². The van der Waals surface area contributed by atoms with Crippen LogP contribution in [0.2, 0.25) is 5.02 Å². The summed E-state index contributed by atoms with van der Waals surface area (Å²) in [6.07, 6.45) is 0.986. The molecule has 13 heteroatoms. The number of pyridine rings is 1. The van der Waals surface area contributed by atoms with E-state index in [1.54, 1.807) is 0 Å². The molecule has 0 unspecified atom stereocenters. The van der Waals surface area contributed by atoms with Crippen LogP contribution in [-0.2, 0) is 13.2 Å². The first-order valence-electron chi connectivity index (χ1n) is 12.0. The zero-order valence-electron chi connectivity index (χ0n) is 21.4. The first-order chi connectivity index (χ1) is 18.8. The number of ether oxygens (including phenoxy) is 1. The normalized spacial score (nSPS) is 11.7. The smallest absolute Gasteiger partial charge is 0.342 e. The predicted molar refractivity (Wildman–Crippen MR) is 141 cm³/mol. The van der Waals surface area contributed by atoms with E-state index in [-0.39, 0.29) is 40.5 Å². The molecule has 0 spiro atoms. The summed E-state index contributed by atoms with van der Waals surface area (Å²) < 4.78 is 35.1. The largest absolute Gasteiger partial charge is 0.487 e. The summed E-state index contributed by atoms with van der Waals surface area (Å²) in [7, 11) is 0. The van der Waals surface area contributed by atoms with E-state index in [2.05, 4.69) is 0 Å². The molecule has 2 heterocycles. The summed E-state index contributed by atoms with van der Waals surface area (Å²) >= 11 is 6.20. The van der Waals surface area contributed by atoms with Crippen LogP contribution in [0.3, 0.4) is 0 Å². The standard InChI is InChI=1S/C27H24ClF2N3O7/c1-27(2,39)25(37)33-19-6-3-15(11-20(19)32(26(33)38)22(35)8-10-34)13-31-9-7-21(23(28)24(31)36)40-14-16-4-5-17(29)12-18(16)30/h3-7,9,11-12,34,39H,8,10,13-14H2,1-2H3. The van der Waals surface area contributed by atoms with Crippen LogP contribution in [0.15, 0.2) is 58.3 Å². The topological polar surface area (TPSA) is 133 Å². The first kappa shape index (κ1) is 28.9. The molecule has 0 aliphatic heterocycles. The molecule has 0 saturated carbocycles. The SMILES string of the molecule is CC(C)(O)C(=O)n1c(=O)n(C(=O)CCO)c2cc(Cn3ccc(OCc4ccc(F)cc4F)c(Cl)c3=O)ccc21. The van der Waals surface area contributed by atoms with E-state index in [4.69, 9.17) is 16.3 Å². The molecule has 2 aromatic heterocycles. The Kier molecular flexibility index (Phi) is 8.05.